The maximum atomic E-state index is 5.18. The molecule has 3 aromatic rings. The molecule has 3 heteroatoms. The zero-order valence-corrected chi connectivity index (χ0v) is 12.2. The minimum absolute atomic E-state index is 0.185. The molecule has 0 aliphatic heterocycles. The standard InChI is InChI=1S/C18H18N2O/c1-13(14-7-10-16(21-2)11-8-14)19-18-12-9-15-5-3-4-6-17(15)20-18/h3-13H,1-2H3,(H,19,20). The lowest BCUT2D eigenvalue weighted by atomic mass is 10.1. The molecular weight excluding hydrogens is 260 g/mol. The number of nitrogens with zero attached hydrogens (tertiary/aromatic N) is 1. The van der Waals surface area contributed by atoms with Crippen LogP contribution in [0.15, 0.2) is 60.7 Å². The second-order valence-electron chi connectivity index (χ2n) is 5.03. The van der Waals surface area contributed by atoms with Crippen LogP contribution >= 0.6 is 0 Å². The van der Waals surface area contributed by atoms with E-state index < -0.39 is 0 Å². The summed E-state index contributed by atoms with van der Waals surface area (Å²) in [7, 11) is 1.68. The first-order valence-electron chi connectivity index (χ1n) is 7.02. The molecule has 3 rings (SSSR count). The van der Waals surface area contributed by atoms with Gasteiger partial charge in [0.25, 0.3) is 0 Å². The van der Waals surface area contributed by atoms with E-state index in [0.29, 0.717) is 0 Å². The van der Waals surface area contributed by atoms with Gasteiger partial charge in [0.15, 0.2) is 0 Å². The minimum atomic E-state index is 0.185. The number of anilines is 1. The Bertz CT molecular complexity index is 738. The lowest BCUT2D eigenvalue weighted by Crippen LogP contribution is -2.07. The molecule has 1 heterocycles. The predicted molar refractivity (Wildman–Crippen MR) is 86.8 cm³/mol. The molecule has 0 bridgehead atoms. The van der Waals surface area contributed by atoms with Gasteiger partial charge < -0.3 is 10.1 Å². The van der Waals surface area contributed by atoms with Gasteiger partial charge in [0.05, 0.1) is 12.6 Å². The minimum Gasteiger partial charge on any atom is -0.497 e. The Morgan fingerprint density at radius 3 is 2.48 bits per heavy atom. The Morgan fingerprint density at radius 1 is 0.952 bits per heavy atom. The van der Waals surface area contributed by atoms with Crippen LogP contribution in [0.1, 0.15) is 18.5 Å². The highest BCUT2D eigenvalue weighted by molar-refractivity contribution is 5.80. The molecule has 1 aromatic heterocycles. The van der Waals surface area contributed by atoms with Crippen molar-refractivity contribution in [2.45, 2.75) is 13.0 Å². The number of pyridine rings is 1. The molecular formula is C18H18N2O. The highest BCUT2D eigenvalue weighted by atomic mass is 16.5. The first kappa shape index (κ1) is 13.4. The molecule has 2 aromatic carbocycles. The van der Waals surface area contributed by atoms with Crippen LogP contribution < -0.4 is 10.1 Å². The predicted octanol–water partition coefficient (Wildman–Crippen LogP) is 4.42. The number of fused-ring (bicyclic) bond motifs is 1. The van der Waals surface area contributed by atoms with Crippen LogP contribution in [-0.4, -0.2) is 12.1 Å². The fraction of sp³-hybridized carbons (Fsp3) is 0.167. The van der Waals surface area contributed by atoms with E-state index >= 15 is 0 Å². The van der Waals surface area contributed by atoms with E-state index in [-0.39, 0.29) is 6.04 Å². The first-order valence-corrected chi connectivity index (χ1v) is 7.02. The summed E-state index contributed by atoms with van der Waals surface area (Å²) in [6.45, 7) is 2.12. The number of methoxy groups -OCH3 is 1. The SMILES string of the molecule is COc1ccc(C(C)Nc2ccc3ccccc3n2)cc1. The number of para-hydroxylation sites is 1. The summed E-state index contributed by atoms with van der Waals surface area (Å²) in [4.78, 5) is 4.64. The third-order valence-corrected chi connectivity index (χ3v) is 3.58. The zero-order chi connectivity index (χ0) is 14.7. The second-order valence-corrected chi connectivity index (χ2v) is 5.03. The molecule has 21 heavy (non-hydrogen) atoms. The topological polar surface area (TPSA) is 34.1 Å². The number of rotatable bonds is 4. The number of benzene rings is 2. The lowest BCUT2D eigenvalue weighted by molar-refractivity contribution is 0.414. The normalized spacial score (nSPS) is 12.1. The Labute approximate surface area is 124 Å². The summed E-state index contributed by atoms with van der Waals surface area (Å²) in [5, 5.41) is 4.59. The van der Waals surface area contributed by atoms with E-state index in [1.807, 2.05) is 36.4 Å². The average Bonchev–Trinajstić information content (AvgIpc) is 2.55. The maximum absolute atomic E-state index is 5.18. The molecule has 0 radical (unpaired) electrons. The van der Waals surface area contributed by atoms with Gasteiger partial charge in [0, 0.05) is 11.4 Å². The van der Waals surface area contributed by atoms with Gasteiger partial charge in [-0.15, -0.1) is 0 Å². The largest absolute Gasteiger partial charge is 0.497 e. The zero-order valence-electron chi connectivity index (χ0n) is 12.2. The third-order valence-electron chi connectivity index (χ3n) is 3.58. The Kier molecular flexibility index (Phi) is 3.73. The van der Waals surface area contributed by atoms with Gasteiger partial charge in [-0.1, -0.05) is 30.3 Å². The summed E-state index contributed by atoms with van der Waals surface area (Å²) in [5.74, 6) is 1.76. The molecule has 3 nitrogen and oxygen atoms in total. The Balaban J connectivity index is 1.79. The van der Waals surface area contributed by atoms with Crippen LogP contribution in [0.3, 0.4) is 0 Å². The monoisotopic (exact) mass is 278 g/mol. The molecule has 0 aliphatic rings. The van der Waals surface area contributed by atoms with Crippen LogP contribution in [0.25, 0.3) is 10.9 Å². The third kappa shape index (κ3) is 2.97. The Hall–Kier alpha value is -2.55. The first-order chi connectivity index (χ1) is 10.3. The van der Waals surface area contributed by atoms with Crippen molar-refractivity contribution in [2.75, 3.05) is 12.4 Å². The van der Waals surface area contributed by atoms with Gasteiger partial charge in [-0.25, -0.2) is 4.98 Å². The highest BCUT2D eigenvalue weighted by Gasteiger charge is 2.06. The number of nitrogens with one attached hydrogen (secondary N) is 1. The van der Waals surface area contributed by atoms with E-state index in [1.165, 1.54) is 5.56 Å². The molecule has 0 amide bonds. The Morgan fingerprint density at radius 2 is 1.71 bits per heavy atom. The van der Waals surface area contributed by atoms with Gasteiger partial charge in [-0.2, -0.15) is 0 Å². The number of aromatic nitrogens is 1. The molecule has 0 fully saturated rings. The molecule has 0 aliphatic carbocycles. The molecule has 1 unspecified atom stereocenters. The second kappa shape index (κ2) is 5.83. The van der Waals surface area contributed by atoms with E-state index in [9.17, 15) is 0 Å². The fourth-order valence-electron chi connectivity index (χ4n) is 2.34. The van der Waals surface area contributed by atoms with Gasteiger partial charge in [0.1, 0.15) is 11.6 Å². The van der Waals surface area contributed by atoms with Crippen molar-refractivity contribution < 1.29 is 4.74 Å². The summed E-state index contributed by atoms with van der Waals surface area (Å²) < 4.78 is 5.18. The number of ether oxygens (including phenoxy) is 1. The van der Waals surface area contributed by atoms with Crippen LogP contribution in [-0.2, 0) is 0 Å². The molecule has 106 valence electrons. The quantitative estimate of drug-likeness (QED) is 0.767. The summed E-state index contributed by atoms with van der Waals surface area (Å²) >= 11 is 0. The summed E-state index contributed by atoms with van der Waals surface area (Å²) in [5.41, 5.74) is 2.20. The van der Waals surface area contributed by atoms with Crippen molar-refractivity contribution in [3.8, 4) is 5.75 Å². The van der Waals surface area contributed by atoms with Crippen molar-refractivity contribution in [3.63, 3.8) is 0 Å². The van der Waals surface area contributed by atoms with E-state index in [2.05, 4.69) is 41.5 Å². The molecule has 0 spiro atoms. The van der Waals surface area contributed by atoms with E-state index in [1.54, 1.807) is 7.11 Å². The van der Waals surface area contributed by atoms with Crippen molar-refractivity contribution in [3.05, 3.63) is 66.2 Å². The van der Waals surface area contributed by atoms with E-state index in [0.717, 1.165) is 22.5 Å². The van der Waals surface area contributed by atoms with Crippen LogP contribution in [0.4, 0.5) is 5.82 Å². The average molecular weight is 278 g/mol. The molecule has 1 atom stereocenters. The number of hydrogen-bond acceptors (Lipinski definition) is 3. The van der Waals surface area contributed by atoms with Gasteiger partial charge in [-0.05, 0) is 42.8 Å². The number of hydrogen-bond donors (Lipinski definition) is 1. The molecule has 0 saturated carbocycles. The van der Waals surface area contributed by atoms with Gasteiger partial charge >= 0.3 is 0 Å². The summed E-state index contributed by atoms with van der Waals surface area (Å²) in [6.07, 6.45) is 0. The molecule has 0 saturated heterocycles. The highest BCUT2D eigenvalue weighted by Crippen LogP contribution is 2.22. The van der Waals surface area contributed by atoms with Gasteiger partial charge in [-0.3, -0.25) is 0 Å². The fourth-order valence-corrected chi connectivity index (χ4v) is 2.34. The van der Waals surface area contributed by atoms with E-state index in [4.69, 9.17) is 4.74 Å². The molecule has 1 N–H and O–H groups in total. The maximum Gasteiger partial charge on any atom is 0.127 e. The van der Waals surface area contributed by atoms with Crippen molar-refractivity contribution in [1.82, 2.24) is 4.98 Å². The van der Waals surface area contributed by atoms with Crippen molar-refractivity contribution >= 4 is 16.7 Å². The lowest BCUT2D eigenvalue weighted by Gasteiger charge is -2.15. The van der Waals surface area contributed by atoms with Crippen LogP contribution in [0, 0.1) is 0 Å². The summed E-state index contributed by atoms with van der Waals surface area (Å²) in [6, 6.07) is 20.5. The van der Waals surface area contributed by atoms with Crippen LogP contribution in [0.5, 0.6) is 5.75 Å². The smallest absolute Gasteiger partial charge is 0.127 e. The van der Waals surface area contributed by atoms with Gasteiger partial charge in [0.2, 0.25) is 0 Å². The van der Waals surface area contributed by atoms with Crippen LogP contribution in [0.2, 0.25) is 0 Å². The van der Waals surface area contributed by atoms with Crippen molar-refractivity contribution in [1.29, 1.82) is 0 Å². The van der Waals surface area contributed by atoms with Crippen molar-refractivity contribution in [2.24, 2.45) is 0 Å².